The number of hydrogen-bond donors (Lipinski definition) is 3. The van der Waals surface area contributed by atoms with Crippen molar-refractivity contribution in [3.63, 3.8) is 0 Å². The van der Waals surface area contributed by atoms with Gasteiger partial charge in [0.1, 0.15) is 17.0 Å². The minimum absolute atomic E-state index is 0.449. The molecule has 3 N–H and O–H groups in total. The summed E-state index contributed by atoms with van der Waals surface area (Å²) in [6.45, 7) is 3.78. The zero-order valence-corrected chi connectivity index (χ0v) is 17.2. The van der Waals surface area contributed by atoms with Crippen molar-refractivity contribution in [2.45, 2.75) is 19.9 Å². The first-order chi connectivity index (χ1) is 13.1. The van der Waals surface area contributed by atoms with E-state index in [1.807, 2.05) is 25.1 Å². The van der Waals surface area contributed by atoms with E-state index in [1.54, 1.807) is 18.6 Å². The second-order valence-electron chi connectivity index (χ2n) is 5.83. The first-order valence-corrected chi connectivity index (χ1v) is 10.4. The van der Waals surface area contributed by atoms with Crippen LogP contribution < -0.4 is 16.3 Å². The van der Waals surface area contributed by atoms with Gasteiger partial charge in [-0.25, -0.2) is 4.98 Å². The van der Waals surface area contributed by atoms with Crippen LogP contribution in [-0.2, 0) is 6.54 Å². The van der Waals surface area contributed by atoms with E-state index in [0.29, 0.717) is 24.1 Å². The summed E-state index contributed by atoms with van der Waals surface area (Å²) in [7, 11) is 0. The molecule has 3 aromatic rings. The van der Waals surface area contributed by atoms with Gasteiger partial charge in [-0.1, -0.05) is 6.07 Å². The molecule has 8 nitrogen and oxygen atoms in total. The molecule has 0 spiro atoms. The highest BCUT2D eigenvalue weighted by Gasteiger charge is 2.01. The molecule has 1 unspecified atom stereocenters. The molecule has 0 aliphatic rings. The lowest BCUT2D eigenvalue weighted by Gasteiger charge is -2.07. The molecule has 0 saturated carbocycles. The molecule has 0 radical (unpaired) electrons. The first-order valence-electron chi connectivity index (χ1n) is 8.41. The average Bonchev–Trinajstić information content (AvgIpc) is 3.02. The summed E-state index contributed by atoms with van der Waals surface area (Å²) >= 11 is 2.01. The van der Waals surface area contributed by atoms with E-state index in [2.05, 4.69) is 49.9 Å². The molecular weight excluding hydrogens is 430 g/mol. The van der Waals surface area contributed by atoms with Crippen molar-refractivity contribution >= 4 is 32.9 Å². The van der Waals surface area contributed by atoms with E-state index in [-0.39, 0.29) is 0 Å². The zero-order valence-electron chi connectivity index (χ0n) is 14.8. The molecule has 0 aliphatic carbocycles. The molecule has 3 rings (SSSR count). The van der Waals surface area contributed by atoms with Crippen LogP contribution in [0.1, 0.15) is 17.5 Å². The Bertz CT molecular complexity index is 1010. The molecule has 0 aliphatic heterocycles. The number of aromatic nitrogens is 4. The van der Waals surface area contributed by atoms with Gasteiger partial charge < -0.3 is 9.87 Å². The molecule has 0 fully saturated rings. The third-order valence-electron chi connectivity index (χ3n) is 3.69. The van der Waals surface area contributed by atoms with Crippen LogP contribution in [0, 0.1) is 6.92 Å². The maximum absolute atomic E-state index is 11.7. The monoisotopic (exact) mass is 449 g/mol. The maximum atomic E-state index is 11.7. The fraction of sp³-hybridized carbons (Fsp3) is 0.294. The highest BCUT2D eigenvalue weighted by Crippen LogP contribution is 2.16. The Hall–Kier alpha value is -2.30. The van der Waals surface area contributed by atoms with Gasteiger partial charge in [0.05, 0.1) is 6.54 Å². The smallest absolute Gasteiger partial charge is 0.219 e. The predicted molar refractivity (Wildman–Crippen MR) is 108 cm³/mol. The summed E-state index contributed by atoms with van der Waals surface area (Å²) in [4.78, 5) is 17.3. The molecule has 3 aromatic heterocycles. The third kappa shape index (κ3) is 5.84. The first kappa shape index (κ1) is 19.5. The molecule has 142 valence electrons. The zero-order chi connectivity index (χ0) is 19.1. The summed E-state index contributed by atoms with van der Waals surface area (Å²) in [5, 5.41) is 3.30. The van der Waals surface area contributed by atoms with Crippen molar-refractivity contribution in [1.82, 2.24) is 18.7 Å². The summed E-state index contributed by atoms with van der Waals surface area (Å²) in [6.07, 6.45) is 6.05. The van der Waals surface area contributed by atoms with Crippen LogP contribution >= 0.6 is 27.1 Å². The number of aromatic amines is 2. The van der Waals surface area contributed by atoms with Crippen molar-refractivity contribution in [2.24, 2.45) is 9.98 Å². The van der Waals surface area contributed by atoms with Crippen molar-refractivity contribution < 1.29 is 4.55 Å². The molecule has 0 amide bonds. The van der Waals surface area contributed by atoms with Crippen molar-refractivity contribution in [3.8, 4) is 0 Å². The van der Waals surface area contributed by atoms with E-state index < -0.39 is 11.1 Å². The number of nitrogens with zero attached hydrogens (tertiary/aromatic N) is 4. The lowest BCUT2D eigenvalue weighted by Crippen LogP contribution is -2.26. The fourth-order valence-electron chi connectivity index (χ4n) is 2.38. The van der Waals surface area contributed by atoms with E-state index >= 15 is 0 Å². The van der Waals surface area contributed by atoms with Crippen LogP contribution in [0.25, 0.3) is 0 Å². The summed E-state index contributed by atoms with van der Waals surface area (Å²) in [5.41, 5.74) is 3.09. The lowest BCUT2D eigenvalue weighted by molar-refractivity contribution is 0.584. The number of hydrogen-bond acceptors (Lipinski definition) is 6. The van der Waals surface area contributed by atoms with Crippen LogP contribution in [-0.4, -0.2) is 36.4 Å². The average molecular weight is 450 g/mol. The van der Waals surface area contributed by atoms with Gasteiger partial charge in [0.15, 0.2) is 0 Å². The van der Waals surface area contributed by atoms with Crippen LogP contribution in [0.3, 0.4) is 0 Å². The lowest BCUT2D eigenvalue weighted by atomic mass is 10.3. The van der Waals surface area contributed by atoms with Crippen LogP contribution in [0.4, 0.5) is 5.82 Å². The molecule has 1 atom stereocenters. The number of rotatable bonds is 7. The molecule has 0 aromatic carbocycles. The van der Waals surface area contributed by atoms with Crippen LogP contribution in [0.15, 0.2) is 51.2 Å². The Morgan fingerprint density at radius 3 is 2.81 bits per heavy atom. The largest absolute Gasteiger partial charge is 0.549 e. The van der Waals surface area contributed by atoms with Gasteiger partial charge in [-0.3, -0.25) is 15.0 Å². The van der Waals surface area contributed by atoms with E-state index in [1.165, 1.54) is 0 Å². The number of nitrogens with one attached hydrogen (secondary N) is 3. The molecular formula is C17H20BrN7OS. The fourth-order valence-corrected chi connectivity index (χ4v) is 3.55. The van der Waals surface area contributed by atoms with Crippen molar-refractivity contribution in [2.75, 3.05) is 18.4 Å². The molecule has 10 heteroatoms. The Morgan fingerprint density at radius 2 is 2.07 bits per heavy atom. The summed E-state index contributed by atoms with van der Waals surface area (Å²) in [6, 6.07) is 5.82. The highest BCUT2D eigenvalue weighted by molar-refractivity contribution is 9.10. The number of halogens is 1. The predicted octanol–water partition coefficient (Wildman–Crippen LogP) is 2.44. The second-order valence-corrected chi connectivity index (χ2v) is 7.69. The van der Waals surface area contributed by atoms with Crippen LogP contribution in [0.5, 0.6) is 0 Å². The molecule has 3 heterocycles. The van der Waals surface area contributed by atoms with Gasteiger partial charge in [-0.2, -0.15) is 8.75 Å². The van der Waals surface area contributed by atoms with Crippen LogP contribution in [0.2, 0.25) is 0 Å². The minimum Gasteiger partial charge on any atom is -0.549 e. The van der Waals surface area contributed by atoms with Gasteiger partial charge >= 0.3 is 0 Å². The number of H-pyrrole nitrogens is 2. The van der Waals surface area contributed by atoms with E-state index in [0.717, 1.165) is 34.4 Å². The van der Waals surface area contributed by atoms with Gasteiger partial charge in [0.2, 0.25) is 11.0 Å². The normalized spacial score (nSPS) is 13.2. The van der Waals surface area contributed by atoms with Gasteiger partial charge in [0, 0.05) is 36.2 Å². The third-order valence-corrected chi connectivity index (χ3v) is 4.88. The Balaban J connectivity index is 1.59. The van der Waals surface area contributed by atoms with Crippen molar-refractivity contribution in [1.29, 1.82) is 0 Å². The van der Waals surface area contributed by atoms with E-state index in [9.17, 15) is 4.55 Å². The van der Waals surface area contributed by atoms with Gasteiger partial charge in [-0.15, -0.1) is 0 Å². The minimum atomic E-state index is -1.39. The number of anilines is 1. The quantitative estimate of drug-likeness (QED) is 0.379. The second kappa shape index (κ2) is 9.58. The maximum Gasteiger partial charge on any atom is 0.219 e. The van der Waals surface area contributed by atoms with Crippen molar-refractivity contribution in [3.05, 3.63) is 63.4 Å². The Kier molecular flexibility index (Phi) is 6.91. The SMILES string of the molecule is Cc1cc(Br)cnc1NCCCN=c1[nH][s+]([O-])[nH]c1=NCc1cccnc1. The molecule has 0 bridgehead atoms. The van der Waals surface area contributed by atoms with Gasteiger partial charge in [-0.05, 0) is 52.5 Å². The number of pyridine rings is 2. The molecule has 0 saturated heterocycles. The highest BCUT2D eigenvalue weighted by atomic mass is 79.9. The summed E-state index contributed by atoms with van der Waals surface area (Å²) < 4.78 is 18.2. The molecule has 27 heavy (non-hydrogen) atoms. The standard InChI is InChI=1S/C17H20BrN7OS/c1-12-8-14(18)11-23-15(12)20-6-3-7-21-16-17(25-27(26)24-16)22-10-13-4-2-5-19-9-13/h2,4-5,8-9,11H,3,6-7,10H2,1H3,(H,20,23)(H,21,24)(H,22,25). The Morgan fingerprint density at radius 1 is 1.26 bits per heavy atom. The summed E-state index contributed by atoms with van der Waals surface area (Å²) in [5.74, 6) is 0.867. The van der Waals surface area contributed by atoms with E-state index in [4.69, 9.17) is 0 Å². The topological polar surface area (TPSA) is 117 Å². The number of aryl methyl sites for hydroxylation is 1. The Labute approximate surface area is 167 Å². The van der Waals surface area contributed by atoms with Gasteiger partial charge in [0.25, 0.3) is 0 Å².